The number of aryl methyl sites for hydroxylation is 2. The lowest BCUT2D eigenvalue weighted by Gasteiger charge is -2.13. The number of ether oxygens (including phenoxy) is 1. The van der Waals surface area contributed by atoms with Gasteiger partial charge in [0.2, 0.25) is 0 Å². The summed E-state index contributed by atoms with van der Waals surface area (Å²) in [6, 6.07) is 10.3. The lowest BCUT2D eigenvalue weighted by atomic mass is 10.1. The number of benzene rings is 2. The Bertz CT molecular complexity index is 764. The van der Waals surface area contributed by atoms with Crippen molar-refractivity contribution in [1.82, 2.24) is 0 Å². The molecule has 0 bridgehead atoms. The Morgan fingerprint density at radius 1 is 0.952 bits per heavy atom. The van der Waals surface area contributed by atoms with E-state index >= 15 is 0 Å². The Labute approximate surface area is 125 Å². The summed E-state index contributed by atoms with van der Waals surface area (Å²) in [5.74, 6) is 0.601. The zero-order valence-corrected chi connectivity index (χ0v) is 13.3. The highest BCUT2D eigenvalue weighted by atomic mass is 32.2. The average Bonchev–Trinajstić information content (AvgIpc) is 2.44. The fourth-order valence-corrected chi connectivity index (χ4v) is 3.19. The van der Waals surface area contributed by atoms with E-state index in [4.69, 9.17) is 8.92 Å². The van der Waals surface area contributed by atoms with Gasteiger partial charge >= 0.3 is 10.1 Å². The van der Waals surface area contributed by atoms with E-state index in [1.165, 1.54) is 7.11 Å². The molecule has 4 nitrogen and oxygen atoms in total. The van der Waals surface area contributed by atoms with Gasteiger partial charge in [-0.3, -0.25) is 0 Å². The SMILES string of the molecule is COc1ccc(C)cc1S(=O)(=O)Oc1cccc(C)c1C. The van der Waals surface area contributed by atoms with Crippen molar-refractivity contribution >= 4 is 10.1 Å². The Balaban J connectivity index is 2.48. The van der Waals surface area contributed by atoms with Crippen LogP contribution in [-0.4, -0.2) is 15.5 Å². The van der Waals surface area contributed by atoms with Crippen LogP contribution >= 0.6 is 0 Å². The fraction of sp³-hybridized carbons (Fsp3) is 0.250. The molecule has 2 rings (SSSR count). The summed E-state index contributed by atoms with van der Waals surface area (Å²) in [4.78, 5) is 0.0332. The minimum absolute atomic E-state index is 0.0332. The van der Waals surface area contributed by atoms with Crippen LogP contribution in [0.5, 0.6) is 11.5 Å². The molecule has 0 atom stereocenters. The molecule has 0 aliphatic carbocycles. The molecule has 0 aromatic heterocycles. The largest absolute Gasteiger partial charge is 0.495 e. The number of methoxy groups -OCH3 is 1. The van der Waals surface area contributed by atoms with Gasteiger partial charge < -0.3 is 8.92 Å². The first-order chi connectivity index (χ1) is 9.85. The Kier molecular flexibility index (Phi) is 4.23. The van der Waals surface area contributed by atoms with Crippen LogP contribution in [0.25, 0.3) is 0 Å². The molecule has 0 aliphatic heterocycles. The molecule has 112 valence electrons. The highest BCUT2D eigenvalue weighted by Crippen LogP contribution is 2.29. The van der Waals surface area contributed by atoms with Crippen LogP contribution < -0.4 is 8.92 Å². The van der Waals surface area contributed by atoms with E-state index in [1.807, 2.05) is 26.8 Å². The zero-order chi connectivity index (χ0) is 15.6. The number of rotatable bonds is 4. The minimum atomic E-state index is -3.94. The third-order valence-corrected chi connectivity index (χ3v) is 4.60. The first-order valence-corrected chi connectivity index (χ1v) is 7.91. The van der Waals surface area contributed by atoms with Gasteiger partial charge in [0, 0.05) is 0 Å². The van der Waals surface area contributed by atoms with E-state index in [-0.39, 0.29) is 10.6 Å². The van der Waals surface area contributed by atoms with E-state index in [9.17, 15) is 8.42 Å². The smallest absolute Gasteiger partial charge is 0.342 e. The molecule has 0 amide bonds. The van der Waals surface area contributed by atoms with Crippen LogP contribution in [-0.2, 0) is 10.1 Å². The van der Waals surface area contributed by atoms with Crippen LogP contribution in [0.2, 0.25) is 0 Å². The monoisotopic (exact) mass is 306 g/mol. The van der Waals surface area contributed by atoms with Crippen molar-refractivity contribution in [2.45, 2.75) is 25.7 Å². The highest BCUT2D eigenvalue weighted by Gasteiger charge is 2.23. The quantitative estimate of drug-likeness (QED) is 0.813. The van der Waals surface area contributed by atoms with Crippen molar-refractivity contribution < 1.29 is 17.3 Å². The lowest BCUT2D eigenvalue weighted by molar-refractivity contribution is 0.398. The second kappa shape index (κ2) is 5.77. The van der Waals surface area contributed by atoms with Crippen molar-refractivity contribution in [2.24, 2.45) is 0 Å². The van der Waals surface area contributed by atoms with E-state index in [2.05, 4.69) is 0 Å². The Hall–Kier alpha value is -2.01. The summed E-state index contributed by atoms with van der Waals surface area (Å²) in [5.41, 5.74) is 2.59. The molecule has 0 aliphatic rings. The van der Waals surface area contributed by atoms with Gasteiger partial charge in [0.25, 0.3) is 0 Å². The standard InChI is InChI=1S/C16H18O4S/c1-11-8-9-15(19-4)16(10-11)21(17,18)20-14-7-5-6-12(2)13(14)3/h5-10H,1-4H3. The second-order valence-electron chi connectivity index (χ2n) is 4.89. The first-order valence-electron chi connectivity index (χ1n) is 6.50. The predicted octanol–water partition coefficient (Wildman–Crippen LogP) is 3.39. The third kappa shape index (κ3) is 3.19. The maximum absolute atomic E-state index is 12.5. The van der Waals surface area contributed by atoms with Gasteiger partial charge in [0.05, 0.1) is 7.11 Å². The van der Waals surface area contributed by atoms with E-state index in [1.54, 1.807) is 30.3 Å². The molecule has 0 spiro atoms. The highest BCUT2D eigenvalue weighted by molar-refractivity contribution is 7.87. The normalized spacial score (nSPS) is 11.2. The summed E-state index contributed by atoms with van der Waals surface area (Å²) < 4.78 is 35.4. The van der Waals surface area contributed by atoms with Gasteiger partial charge in [-0.05, 0) is 55.7 Å². The van der Waals surface area contributed by atoms with Crippen LogP contribution in [0.4, 0.5) is 0 Å². The molecular weight excluding hydrogens is 288 g/mol. The second-order valence-corrected chi connectivity index (χ2v) is 6.40. The van der Waals surface area contributed by atoms with E-state index in [0.717, 1.165) is 16.7 Å². The van der Waals surface area contributed by atoms with E-state index < -0.39 is 10.1 Å². The topological polar surface area (TPSA) is 52.6 Å². The maximum Gasteiger partial charge on any atom is 0.342 e. The van der Waals surface area contributed by atoms with Crippen molar-refractivity contribution in [1.29, 1.82) is 0 Å². The minimum Gasteiger partial charge on any atom is -0.495 e. The molecule has 2 aromatic rings. The van der Waals surface area contributed by atoms with Crippen molar-refractivity contribution in [3.8, 4) is 11.5 Å². The Morgan fingerprint density at radius 2 is 1.67 bits per heavy atom. The molecule has 0 N–H and O–H groups in total. The van der Waals surface area contributed by atoms with Gasteiger partial charge in [0.15, 0.2) is 0 Å². The molecule has 0 saturated carbocycles. The lowest BCUT2D eigenvalue weighted by Crippen LogP contribution is -2.12. The third-order valence-electron chi connectivity index (χ3n) is 3.34. The number of hydrogen-bond acceptors (Lipinski definition) is 4. The molecule has 2 aromatic carbocycles. The molecule has 0 saturated heterocycles. The van der Waals surface area contributed by atoms with Crippen LogP contribution in [0.15, 0.2) is 41.3 Å². The Morgan fingerprint density at radius 3 is 2.33 bits per heavy atom. The van der Waals surface area contributed by atoms with Crippen molar-refractivity contribution in [3.63, 3.8) is 0 Å². The summed E-state index contributed by atoms with van der Waals surface area (Å²) in [7, 11) is -2.51. The molecule has 5 heteroatoms. The molecule has 21 heavy (non-hydrogen) atoms. The molecule has 0 radical (unpaired) electrons. The summed E-state index contributed by atoms with van der Waals surface area (Å²) in [6.45, 7) is 5.55. The molecule has 0 heterocycles. The van der Waals surface area contributed by atoms with Gasteiger partial charge in [-0.15, -0.1) is 0 Å². The predicted molar refractivity (Wildman–Crippen MR) is 81.5 cm³/mol. The van der Waals surface area contributed by atoms with Gasteiger partial charge in [-0.2, -0.15) is 8.42 Å². The van der Waals surface area contributed by atoms with E-state index in [0.29, 0.717) is 5.75 Å². The van der Waals surface area contributed by atoms with Crippen molar-refractivity contribution in [2.75, 3.05) is 7.11 Å². The van der Waals surface area contributed by atoms with Gasteiger partial charge in [0.1, 0.15) is 16.4 Å². The van der Waals surface area contributed by atoms with Gasteiger partial charge in [-0.25, -0.2) is 0 Å². The summed E-state index contributed by atoms with van der Waals surface area (Å²) >= 11 is 0. The molecular formula is C16H18O4S. The maximum atomic E-state index is 12.5. The molecule has 0 fully saturated rings. The van der Waals surface area contributed by atoms with Crippen molar-refractivity contribution in [3.05, 3.63) is 53.1 Å². The number of hydrogen-bond donors (Lipinski definition) is 0. The summed E-state index contributed by atoms with van der Waals surface area (Å²) in [5, 5.41) is 0. The summed E-state index contributed by atoms with van der Waals surface area (Å²) in [6.07, 6.45) is 0. The molecule has 0 unspecified atom stereocenters. The fourth-order valence-electron chi connectivity index (χ4n) is 1.96. The first kappa shape index (κ1) is 15.4. The zero-order valence-electron chi connectivity index (χ0n) is 12.5. The van der Waals surface area contributed by atoms with Crippen LogP contribution in [0.1, 0.15) is 16.7 Å². The van der Waals surface area contributed by atoms with Crippen LogP contribution in [0, 0.1) is 20.8 Å². The van der Waals surface area contributed by atoms with Gasteiger partial charge in [-0.1, -0.05) is 18.2 Å². The van der Waals surface area contributed by atoms with Crippen LogP contribution in [0.3, 0.4) is 0 Å². The average molecular weight is 306 g/mol.